The summed E-state index contributed by atoms with van der Waals surface area (Å²) in [6, 6.07) is 13.7. The molecule has 24 heavy (non-hydrogen) atoms. The highest BCUT2D eigenvalue weighted by atomic mass is 79.9. The van der Waals surface area contributed by atoms with Crippen molar-refractivity contribution in [1.82, 2.24) is 5.32 Å². The molecule has 2 aromatic carbocycles. The topological polar surface area (TPSA) is 41.6 Å². The normalized spacial score (nSPS) is 10.7. The molecule has 4 nitrogen and oxygen atoms in total. The third kappa shape index (κ3) is 5.13. The van der Waals surface area contributed by atoms with Crippen LogP contribution in [0.2, 0.25) is 0 Å². The highest BCUT2D eigenvalue weighted by Crippen LogP contribution is 2.24. The number of anilines is 1. The van der Waals surface area contributed by atoms with Gasteiger partial charge in [0.2, 0.25) is 5.91 Å². The summed E-state index contributed by atoms with van der Waals surface area (Å²) in [6.45, 7) is 0.493. The van der Waals surface area contributed by atoms with E-state index in [0.717, 1.165) is 27.0 Å². The fourth-order valence-corrected chi connectivity index (χ4v) is 2.54. The fraction of sp³-hybridized carbons (Fsp3) is 0.211. The first-order valence-electron chi connectivity index (χ1n) is 7.55. The van der Waals surface area contributed by atoms with E-state index in [9.17, 15) is 4.79 Å². The van der Waals surface area contributed by atoms with E-state index in [1.54, 1.807) is 13.2 Å². The average molecular weight is 389 g/mol. The number of carbonyl (C=O) groups excluding carboxylic acids is 1. The molecule has 1 amide bonds. The second-order valence-electron chi connectivity index (χ2n) is 5.50. The van der Waals surface area contributed by atoms with Gasteiger partial charge < -0.3 is 15.0 Å². The molecule has 0 atom stereocenters. The van der Waals surface area contributed by atoms with Crippen molar-refractivity contribution in [1.29, 1.82) is 0 Å². The summed E-state index contributed by atoms with van der Waals surface area (Å²) in [5.41, 5.74) is 3.03. The van der Waals surface area contributed by atoms with Gasteiger partial charge in [-0.15, -0.1) is 0 Å². The second kappa shape index (κ2) is 8.55. The molecule has 126 valence electrons. The lowest BCUT2D eigenvalue weighted by molar-refractivity contribution is -0.116. The lowest BCUT2D eigenvalue weighted by atomic mass is 10.2. The number of nitrogens with one attached hydrogen (secondary N) is 1. The smallest absolute Gasteiger partial charge is 0.244 e. The summed E-state index contributed by atoms with van der Waals surface area (Å²) in [6.07, 6.45) is 3.26. The van der Waals surface area contributed by atoms with Gasteiger partial charge in [-0.25, -0.2) is 0 Å². The molecule has 0 heterocycles. The number of halogens is 1. The molecule has 2 rings (SSSR count). The van der Waals surface area contributed by atoms with E-state index in [4.69, 9.17) is 4.74 Å². The van der Waals surface area contributed by atoms with Crippen molar-refractivity contribution in [3.8, 4) is 5.75 Å². The van der Waals surface area contributed by atoms with Crippen LogP contribution in [0, 0.1) is 0 Å². The molecule has 0 radical (unpaired) electrons. The van der Waals surface area contributed by atoms with Crippen LogP contribution in [0.1, 0.15) is 11.1 Å². The van der Waals surface area contributed by atoms with Crippen LogP contribution in [0.4, 0.5) is 5.69 Å². The van der Waals surface area contributed by atoms with Gasteiger partial charge in [-0.1, -0.05) is 28.1 Å². The molecule has 0 bridgehead atoms. The Kier molecular flexibility index (Phi) is 6.44. The van der Waals surface area contributed by atoms with E-state index in [0.29, 0.717) is 6.54 Å². The maximum Gasteiger partial charge on any atom is 0.244 e. The van der Waals surface area contributed by atoms with Crippen LogP contribution >= 0.6 is 15.9 Å². The Hall–Kier alpha value is -2.27. The van der Waals surface area contributed by atoms with Gasteiger partial charge in [0.15, 0.2) is 0 Å². The molecule has 0 aliphatic carbocycles. The van der Waals surface area contributed by atoms with Gasteiger partial charge >= 0.3 is 0 Å². The molecule has 5 heteroatoms. The predicted molar refractivity (Wildman–Crippen MR) is 102 cm³/mol. The first kappa shape index (κ1) is 18.1. The Labute approximate surface area is 151 Å². The van der Waals surface area contributed by atoms with Crippen LogP contribution in [0.25, 0.3) is 6.08 Å². The molecule has 0 aliphatic heterocycles. The van der Waals surface area contributed by atoms with E-state index in [1.165, 1.54) is 6.08 Å². The summed E-state index contributed by atoms with van der Waals surface area (Å²) >= 11 is 3.42. The molecule has 1 N–H and O–H groups in total. The zero-order chi connectivity index (χ0) is 17.5. The number of methoxy groups -OCH3 is 1. The Morgan fingerprint density at radius 1 is 1.21 bits per heavy atom. The predicted octanol–water partition coefficient (Wildman–Crippen LogP) is 3.85. The zero-order valence-corrected chi connectivity index (χ0v) is 15.6. The Bertz CT molecular complexity index is 725. The summed E-state index contributed by atoms with van der Waals surface area (Å²) in [5.74, 6) is 0.579. The van der Waals surface area contributed by atoms with Crippen LogP contribution in [-0.2, 0) is 11.3 Å². The Balaban J connectivity index is 1.94. The van der Waals surface area contributed by atoms with Crippen molar-refractivity contribution in [3.05, 3.63) is 64.1 Å². The average Bonchev–Trinajstić information content (AvgIpc) is 2.58. The highest BCUT2D eigenvalue weighted by Gasteiger charge is 2.02. The molecule has 2 aromatic rings. The van der Waals surface area contributed by atoms with Crippen LogP contribution in [-0.4, -0.2) is 27.1 Å². The lowest BCUT2D eigenvalue weighted by Crippen LogP contribution is -2.20. The number of rotatable bonds is 6. The third-order valence-electron chi connectivity index (χ3n) is 3.53. The molecule has 0 aromatic heterocycles. The van der Waals surface area contributed by atoms with E-state index >= 15 is 0 Å². The minimum Gasteiger partial charge on any atom is -0.496 e. The van der Waals surface area contributed by atoms with E-state index in [2.05, 4.69) is 21.2 Å². The first-order valence-corrected chi connectivity index (χ1v) is 8.34. The molecule has 0 unspecified atom stereocenters. The van der Waals surface area contributed by atoms with Gasteiger partial charge in [0.25, 0.3) is 0 Å². The van der Waals surface area contributed by atoms with E-state index in [-0.39, 0.29) is 5.91 Å². The van der Waals surface area contributed by atoms with E-state index < -0.39 is 0 Å². The number of hydrogen-bond donors (Lipinski definition) is 1. The summed E-state index contributed by atoms with van der Waals surface area (Å²) < 4.78 is 6.22. The van der Waals surface area contributed by atoms with Crippen molar-refractivity contribution >= 4 is 33.6 Å². The number of hydrogen-bond acceptors (Lipinski definition) is 3. The van der Waals surface area contributed by atoms with Crippen molar-refractivity contribution in [2.24, 2.45) is 0 Å². The quantitative estimate of drug-likeness (QED) is 0.763. The maximum atomic E-state index is 12.0. The van der Waals surface area contributed by atoms with Crippen LogP contribution in [0.3, 0.4) is 0 Å². The van der Waals surface area contributed by atoms with Gasteiger partial charge in [-0.3, -0.25) is 4.79 Å². The minimum atomic E-state index is -0.145. The zero-order valence-electron chi connectivity index (χ0n) is 14.0. The monoisotopic (exact) mass is 388 g/mol. The molecule has 0 spiro atoms. The number of benzene rings is 2. The first-order chi connectivity index (χ1) is 11.5. The SMILES string of the molecule is COc1ccc(Br)cc1/C=C/C(=O)NCc1ccc(N(C)C)cc1. The van der Waals surface area contributed by atoms with Gasteiger partial charge in [0, 0.05) is 42.4 Å². The number of ether oxygens (including phenoxy) is 1. The molecule has 0 aliphatic rings. The fourth-order valence-electron chi connectivity index (χ4n) is 2.16. The van der Waals surface area contributed by atoms with Gasteiger partial charge in [0.1, 0.15) is 5.75 Å². The van der Waals surface area contributed by atoms with E-state index in [1.807, 2.05) is 61.5 Å². The third-order valence-corrected chi connectivity index (χ3v) is 4.02. The van der Waals surface area contributed by atoms with Crippen LogP contribution in [0.5, 0.6) is 5.75 Å². The van der Waals surface area contributed by atoms with Crippen molar-refractivity contribution < 1.29 is 9.53 Å². The molecular formula is C19H21BrN2O2. The Morgan fingerprint density at radius 3 is 2.54 bits per heavy atom. The molecule has 0 saturated carbocycles. The lowest BCUT2D eigenvalue weighted by Gasteiger charge is -2.12. The van der Waals surface area contributed by atoms with Gasteiger partial charge in [-0.05, 0) is 42.0 Å². The maximum absolute atomic E-state index is 12.0. The highest BCUT2D eigenvalue weighted by molar-refractivity contribution is 9.10. The van der Waals surface area contributed by atoms with Crippen molar-refractivity contribution in [3.63, 3.8) is 0 Å². The standard InChI is InChI=1S/C19H21BrN2O2/c1-22(2)17-8-4-14(5-9-17)13-21-19(23)11-6-15-12-16(20)7-10-18(15)24-3/h4-12H,13H2,1-3H3,(H,21,23)/b11-6+. The number of nitrogens with zero attached hydrogens (tertiary/aromatic N) is 1. The van der Waals surface area contributed by atoms with Gasteiger partial charge in [0.05, 0.1) is 7.11 Å². The van der Waals surface area contributed by atoms with Crippen LogP contribution in [0.15, 0.2) is 53.0 Å². The van der Waals surface area contributed by atoms with Crippen molar-refractivity contribution in [2.45, 2.75) is 6.54 Å². The van der Waals surface area contributed by atoms with Crippen LogP contribution < -0.4 is 15.0 Å². The minimum absolute atomic E-state index is 0.145. The number of amides is 1. The second-order valence-corrected chi connectivity index (χ2v) is 6.41. The summed E-state index contributed by atoms with van der Waals surface area (Å²) in [5, 5.41) is 2.88. The van der Waals surface area contributed by atoms with Gasteiger partial charge in [-0.2, -0.15) is 0 Å². The molecule has 0 fully saturated rings. The summed E-state index contributed by atoms with van der Waals surface area (Å²) in [7, 11) is 5.60. The molecule has 0 saturated heterocycles. The summed E-state index contributed by atoms with van der Waals surface area (Å²) in [4.78, 5) is 14.0. The molecular weight excluding hydrogens is 368 g/mol. The number of carbonyl (C=O) groups is 1. The Morgan fingerprint density at radius 2 is 1.92 bits per heavy atom. The van der Waals surface area contributed by atoms with Crippen molar-refractivity contribution in [2.75, 3.05) is 26.1 Å². The largest absolute Gasteiger partial charge is 0.496 e.